The summed E-state index contributed by atoms with van der Waals surface area (Å²) in [5.74, 6) is -1.64. The minimum absolute atomic E-state index is 0.439. The van der Waals surface area contributed by atoms with Crippen molar-refractivity contribution >= 4 is 17.3 Å². The van der Waals surface area contributed by atoms with Crippen molar-refractivity contribution in [3.05, 3.63) is 44.0 Å². The topological polar surface area (TPSA) is 203 Å². The van der Waals surface area contributed by atoms with Crippen LogP contribution in [0.15, 0.2) is 18.2 Å². The summed E-state index contributed by atoms with van der Waals surface area (Å²) in [6, 6.07) is 3.11. The largest absolute Gasteiger partial charge is 0.479 e. The average molecular weight is 374 g/mol. The van der Waals surface area contributed by atoms with Crippen LogP contribution in [-0.4, -0.2) is 66.9 Å². The van der Waals surface area contributed by atoms with Gasteiger partial charge in [-0.2, -0.15) is 0 Å². The number of hydrogen-bond donors (Lipinski definition) is 4. The van der Waals surface area contributed by atoms with Crippen LogP contribution in [0.4, 0.5) is 11.4 Å². The second kappa shape index (κ2) is 7.67. The number of aliphatic hydroxyl groups excluding tert-OH is 3. The highest BCUT2D eigenvalue weighted by Gasteiger charge is 2.47. The Balaban J connectivity index is 2.26. The third kappa shape index (κ3) is 3.76. The van der Waals surface area contributed by atoms with Crippen molar-refractivity contribution < 1.29 is 44.5 Å². The number of aliphatic carboxylic acids is 1. The predicted octanol–water partition coefficient (Wildman–Crippen LogP) is -1.09. The Labute approximate surface area is 144 Å². The van der Waals surface area contributed by atoms with Crippen molar-refractivity contribution in [1.29, 1.82) is 0 Å². The van der Waals surface area contributed by atoms with E-state index in [1.54, 1.807) is 0 Å². The molecule has 5 atom stereocenters. The highest BCUT2D eigenvalue weighted by Crippen LogP contribution is 2.30. The van der Waals surface area contributed by atoms with Gasteiger partial charge in [0.15, 0.2) is 12.4 Å². The molecule has 0 spiro atoms. The van der Waals surface area contributed by atoms with Crippen LogP contribution in [0.5, 0.6) is 0 Å². The minimum atomic E-state index is -1.94. The highest BCUT2D eigenvalue weighted by molar-refractivity contribution is 5.73. The lowest BCUT2D eigenvalue weighted by atomic mass is 9.99. The second-order valence-electron chi connectivity index (χ2n) is 5.34. The molecule has 1 unspecified atom stereocenters. The molecule has 4 N–H and O–H groups in total. The molecular formula is C13H14N2O11. The molecule has 0 aromatic heterocycles. The summed E-state index contributed by atoms with van der Waals surface area (Å²) in [6.07, 6.45) is -9.49. The molecule has 1 fully saturated rings. The SMILES string of the molecule is O=C(O)[C@H]1OC(OCc2c([N+](=O)[O-])cccc2[N+](=O)[O-])[C@H](O)[C@@H](O)[C@@H]1O. The normalized spacial score (nSPS) is 28.5. The van der Waals surface area contributed by atoms with Crippen molar-refractivity contribution in [3.8, 4) is 0 Å². The lowest BCUT2D eigenvalue weighted by Crippen LogP contribution is -2.60. The van der Waals surface area contributed by atoms with Gasteiger partial charge in [0.2, 0.25) is 0 Å². The number of nitrogens with zero attached hydrogens (tertiary/aromatic N) is 2. The first-order valence-corrected chi connectivity index (χ1v) is 7.10. The van der Waals surface area contributed by atoms with Gasteiger partial charge in [-0.3, -0.25) is 20.2 Å². The van der Waals surface area contributed by atoms with Crippen LogP contribution in [0.3, 0.4) is 0 Å². The maximum absolute atomic E-state index is 11.0. The smallest absolute Gasteiger partial charge is 0.335 e. The quantitative estimate of drug-likeness (QED) is 0.348. The van der Waals surface area contributed by atoms with E-state index in [2.05, 4.69) is 0 Å². The van der Waals surface area contributed by atoms with Crippen LogP contribution in [0.1, 0.15) is 5.56 Å². The standard InChI is InChI=1S/C13H14N2O11/c16-8-9(17)11(12(19)20)26-13(10(8)18)25-4-5-6(14(21)22)2-1-3-7(5)15(23)24/h1-3,8-11,13,16-18H,4H2,(H,19,20)/t8-,9-,10+,11-,13?/m0/s1. The molecule has 26 heavy (non-hydrogen) atoms. The molecule has 1 aromatic rings. The van der Waals surface area contributed by atoms with E-state index in [-0.39, 0.29) is 0 Å². The molecule has 0 saturated carbocycles. The number of hydrogen-bond acceptors (Lipinski definition) is 10. The molecule has 1 aliphatic heterocycles. The van der Waals surface area contributed by atoms with Gasteiger partial charge in [-0.05, 0) is 6.07 Å². The number of carboxylic acids is 1. The van der Waals surface area contributed by atoms with Crippen molar-refractivity contribution in [2.75, 3.05) is 0 Å². The molecule has 13 nitrogen and oxygen atoms in total. The van der Waals surface area contributed by atoms with Crippen LogP contribution < -0.4 is 0 Å². The zero-order valence-electron chi connectivity index (χ0n) is 12.9. The van der Waals surface area contributed by atoms with Crippen molar-refractivity contribution in [1.82, 2.24) is 0 Å². The summed E-state index contributed by atoms with van der Waals surface area (Å²) in [5, 5.41) is 60.1. The Morgan fingerprint density at radius 2 is 1.62 bits per heavy atom. The number of rotatable bonds is 6. The molecule has 0 bridgehead atoms. The van der Waals surface area contributed by atoms with Crippen LogP contribution >= 0.6 is 0 Å². The molecule has 1 heterocycles. The third-order valence-corrected chi connectivity index (χ3v) is 3.72. The van der Waals surface area contributed by atoms with Gasteiger partial charge >= 0.3 is 5.97 Å². The predicted molar refractivity (Wildman–Crippen MR) is 78.9 cm³/mol. The van der Waals surface area contributed by atoms with E-state index in [0.29, 0.717) is 0 Å². The van der Waals surface area contributed by atoms with Crippen molar-refractivity contribution in [2.45, 2.75) is 37.3 Å². The van der Waals surface area contributed by atoms with Gasteiger partial charge in [-0.15, -0.1) is 0 Å². The second-order valence-corrected chi connectivity index (χ2v) is 5.34. The lowest BCUT2D eigenvalue weighted by molar-refractivity contribution is -0.396. The third-order valence-electron chi connectivity index (χ3n) is 3.72. The fourth-order valence-corrected chi connectivity index (χ4v) is 2.41. The van der Waals surface area contributed by atoms with E-state index in [1.807, 2.05) is 0 Å². The molecule has 1 aliphatic rings. The van der Waals surface area contributed by atoms with E-state index in [4.69, 9.17) is 14.6 Å². The number of nitro benzene ring substituents is 2. The minimum Gasteiger partial charge on any atom is -0.479 e. The average Bonchev–Trinajstić information content (AvgIpc) is 2.58. The van der Waals surface area contributed by atoms with Gasteiger partial charge in [0.05, 0.1) is 16.5 Å². The van der Waals surface area contributed by atoms with Gasteiger partial charge in [-0.1, -0.05) is 0 Å². The molecule has 13 heteroatoms. The molecule has 0 amide bonds. The summed E-state index contributed by atoms with van der Waals surface area (Å²) in [6.45, 7) is -0.787. The summed E-state index contributed by atoms with van der Waals surface area (Å²) >= 11 is 0. The summed E-state index contributed by atoms with van der Waals surface area (Å²) in [7, 11) is 0. The Morgan fingerprint density at radius 3 is 2.08 bits per heavy atom. The van der Waals surface area contributed by atoms with Gasteiger partial charge in [0.1, 0.15) is 23.9 Å². The number of carboxylic acid groups (broad SMARTS) is 1. The van der Waals surface area contributed by atoms with Gasteiger partial charge in [0, 0.05) is 12.1 Å². The summed E-state index contributed by atoms with van der Waals surface area (Å²) in [5.41, 5.74) is -1.69. The lowest BCUT2D eigenvalue weighted by Gasteiger charge is -2.38. The van der Waals surface area contributed by atoms with Gasteiger partial charge in [-0.25, -0.2) is 4.79 Å². The summed E-state index contributed by atoms with van der Waals surface area (Å²) < 4.78 is 9.89. The molecule has 142 valence electrons. The first-order valence-electron chi connectivity index (χ1n) is 7.10. The number of aliphatic hydroxyl groups is 3. The molecule has 2 rings (SSSR count). The first-order chi connectivity index (χ1) is 12.1. The molecule has 0 radical (unpaired) electrons. The van der Waals surface area contributed by atoms with E-state index in [9.17, 15) is 40.3 Å². The van der Waals surface area contributed by atoms with E-state index >= 15 is 0 Å². The van der Waals surface area contributed by atoms with Crippen LogP contribution in [0.25, 0.3) is 0 Å². The van der Waals surface area contributed by atoms with Crippen LogP contribution in [0, 0.1) is 20.2 Å². The Kier molecular flexibility index (Phi) is 5.79. The Bertz CT molecular complexity index is 692. The number of nitro groups is 2. The van der Waals surface area contributed by atoms with Crippen molar-refractivity contribution in [2.24, 2.45) is 0 Å². The monoisotopic (exact) mass is 374 g/mol. The first kappa shape index (κ1) is 19.6. The molecule has 1 aromatic carbocycles. The number of benzene rings is 1. The fraction of sp³-hybridized carbons (Fsp3) is 0.462. The highest BCUT2D eigenvalue weighted by atomic mass is 16.7. The maximum atomic E-state index is 11.0. The Hall–Kier alpha value is -2.71. The molecular weight excluding hydrogens is 360 g/mol. The zero-order valence-corrected chi connectivity index (χ0v) is 12.9. The summed E-state index contributed by atoms with van der Waals surface area (Å²) in [4.78, 5) is 31.4. The Morgan fingerprint density at radius 1 is 1.08 bits per heavy atom. The van der Waals surface area contributed by atoms with E-state index in [0.717, 1.165) is 18.2 Å². The van der Waals surface area contributed by atoms with Gasteiger partial charge < -0.3 is 29.9 Å². The molecule has 1 saturated heterocycles. The number of carbonyl (C=O) groups is 1. The maximum Gasteiger partial charge on any atom is 0.335 e. The van der Waals surface area contributed by atoms with Gasteiger partial charge in [0.25, 0.3) is 11.4 Å². The van der Waals surface area contributed by atoms with Crippen LogP contribution in [-0.2, 0) is 20.9 Å². The van der Waals surface area contributed by atoms with Crippen molar-refractivity contribution in [3.63, 3.8) is 0 Å². The van der Waals surface area contributed by atoms with Crippen LogP contribution in [0.2, 0.25) is 0 Å². The fourth-order valence-electron chi connectivity index (χ4n) is 2.41. The number of ether oxygens (including phenoxy) is 2. The molecule has 0 aliphatic carbocycles. The van der Waals surface area contributed by atoms with E-state index < -0.39 is 70.1 Å². The van der Waals surface area contributed by atoms with E-state index in [1.165, 1.54) is 0 Å². The zero-order chi connectivity index (χ0) is 19.6.